The number of furan rings is 1. The smallest absolute Gasteiger partial charge is 0.504 e. The Hall–Kier alpha value is -3.70. The van der Waals surface area contributed by atoms with Gasteiger partial charge >= 0.3 is 7.69 Å². The van der Waals surface area contributed by atoms with Crippen molar-refractivity contribution in [1.29, 1.82) is 0 Å². The van der Waals surface area contributed by atoms with Crippen molar-refractivity contribution >= 4 is 51.4 Å². The molecule has 0 spiro atoms. The first-order chi connectivity index (χ1) is 14.4. The van der Waals surface area contributed by atoms with Crippen LogP contribution in [0.5, 0.6) is 5.75 Å². The minimum absolute atomic E-state index is 0.390. The third-order valence-corrected chi connectivity index (χ3v) is 5.50. The van der Waals surface area contributed by atoms with Crippen LogP contribution in [0.3, 0.4) is 0 Å². The molecule has 2 heterocycles. The number of hydrogen-bond donors (Lipinski definition) is 1. The first-order valence-corrected chi connectivity index (χ1v) is 9.53. The van der Waals surface area contributed by atoms with Gasteiger partial charge in [-0.1, -0.05) is 48.5 Å². The summed E-state index contributed by atoms with van der Waals surface area (Å²) in [4.78, 5) is 0. The Kier molecular flexibility index (Phi) is 3.46. The molecule has 1 N–H and O–H groups in total. The number of hydrogen-bond acceptors (Lipinski definition) is 3. The zero-order valence-electron chi connectivity index (χ0n) is 15.5. The fourth-order valence-electron chi connectivity index (χ4n) is 4.32. The molecule has 0 amide bonds. The Labute approximate surface area is 166 Å². The molecule has 5 heteroatoms. The van der Waals surface area contributed by atoms with Crippen LogP contribution in [0.1, 0.15) is 0 Å². The molecule has 6 rings (SSSR count). The van der Waals surface area contributed by atoms with E-state index in [-0.39, 0.29) is 7.69 Å². The molecule has 6 aromatic rings. The summed E-state index contributed by atoms with van der Waals surface area (Å²) in [5.41, 5.74) is 4.82. The Morgan fingerprint density at radius 1 is 0.690 bits per heavy atom. The second kappa shape index (κ2) is 6.16. The molecule has 0 saturated carbocycles. The average molecular weight is 377 g/mol. The SMILES string of the molecule is OBOc1cccc2c1oc1c2ccc2c1c1ccccc1n2-c1ccccc1. The van der Waals surface area contributed by atoms with E-state index in [0.717, 1.165) is 43.8 Å². The lowest BCUT2D eigenvalue weighted by molar-refractivity contribution is 0.451. The van der Waals surface area contributed by atoms with Gasteiger partial charge in [0.1, 0.15) is 11.3 Å². The van der Waals surface area contributed by atoms with E-state index in [1.54, 1.807) is 0 Å². The van der Waals surface area contributed by atoms with Gasteiger partial charge in [-0.3, -0.25) is 0 Å². The Morgan fingerprint density at radius 2 is 1.45 bits per heavy atom. The quantitative estimate of drug-likeness (QED) is 0.425. The minimum Gasteiger partial charge on any atom is -0.536 e. The third kappa shape index (κ3) is 2.25. The molecule has 4 aromatic carbocycles. The van der Waals surface area contributed by atoms with Gasteiger partial charge in [0, 0.05) is 21.8 Å². The highest BCUT2D eigenvalue weighted by Gasteiger charge is 2.19. The van der Waals surface area contributed by atoms with Gasteiger partial charge in [0.2, 0.25) is 0 Å². The van der Waals surface area contributed by atoms with Crippen molar-refractivity contribution in [2.24, 2.45) is 0 Å². The molecule has 0 saturated heterocycles. The van der Waals surface area contributed by atoms with Crippen LogP contribution in [0.2, 0.25) is 0 Å². The second-order valence-corrected chi connectivity index (χ2v) is 7.03. The zero-order chi connectivity index (χ0) is 19.4. The molecule has 0 aliphatic carbocycles. The molecule has 4 nitrogen and oxygen atoms in total. The summed E-state index contributed by atoms with van der Waals surface area (Å²) in [6.07, 6.45) is 0. The van der Waals surface area contributed by atoms with Gasteiger partial charge in [0.15, 0.2) is 5.58 Å². The van der Waals surface area contributed by atoms with Crippen LogP contribution in [0.15, 0.2) is 89.3 Å². The molecule has 0 aliphatic heterocycles. The average Bonchev–Trinajstić information content (AvgIpc) is 3.31. The molecule has 0 unspecified atom stereocenters. The zero-order valence-corrected chi connectivity index (χ0v) is 15.5. The lowest BCUT2D eigenvalue weighted by Gasteiger charge is -2.07. The van der Waals surface area contributed by atoms with Crippen molar-refractivity contribution in [2.75, 3.05) is 0 Å². The summed E-state index contributed by atoms with van der Waals surface area (Å²) in [5.74, 6) is 0.543. The van der Waals surface area contributed by atoms with Gasteiger partial charge in [-0.25, -0.2) is 0 Å². The number of rotatable bonds is 3. The Balaban J connectivity index is 1.81. The van der Waals surface area contributed by atoms with E-state index in [1.807, 2.05) is 36.4 Å². The maximum Gasteiger partial charge on any atom is 0.504 e. The van der Waals surface area contributed by atoms with Crippen LogP contribution in [-0.2, 0) is 0 Å². The molecule has 0 bridgehead atoms. The van der Waals surface area contributed by atoms with Crippen molar-refractivity contribution in [2.45, 2.75) is 0 Å². The van der Waals surface area contributed by atoms with Crippen LogP contribution in [0.25, 0.3) is 49.4 Å². The summed E-state index contributed by atoms with van der Waals surface area (Å²) < 4.78 is 14.0. The highest BCUT2D eigenvalue weighted by Crippen LogP contribution is 2.42. The van der Waals surface area contributed by atoms with Crippen molar-refractivity contribution in [3.8, 4) is 11.4 Å². The number of benzene rings is 4. The summed E-state index contributed by atoms with van der Waals surface area (Å²) in [6.45, 7) is 0. The molecule has 2 aromatic heterocycles. The summed E-state index contributed by atoms with van der Waals surface area (Å²) in [7, 11) is -0.390. The lowest BCUT2D eigenvalue weighted by atomic mass is 10.1. The van der Waals surface area contributed by atoms with Crippen LogP contribution in [-0.4, -0.2) is 17.3 Å². The van der Waals surface area contributed by atoms with Gasteiger partial charge in [0.25, 0.3) is 0 Å². The molecule has 0 fully saturated rings. The van der Waals surface area contributed by atoms with Crippen molar-refractivity contribution in [3.05, 3.63) is 84.9 Å². The van der Waals surface area contributed by atoms with Gasteiger partial charge in [0.05, 0.1) is 16.4 Å². The first kappa shape index (κ1) is 16.3. The molecule has 29 heavy (non-hydrogen) atoms. The topological polar surface area (TPSA) is 47.5 Å². The predicted octanol–water partition coefficient (Wildman–Crippen LogP) is 5.32. The van der Waals surface area contributed by atoms with Crippen molar-refractivity contribution < 1.29 is 14.1 Å². The monoisotopic (exact) mass is 377 g/mol. The maximum atomic E-state index is 9.23. The molecular formula is C24H16BNO3. The molecule has 138 valence electrons. The largest absolute Gasteiger partial charge is 0.536 e. The van der Waals surface area contributed by atoms with E-state index in [9.17, 15) is 5.02 Å². The minimum atomic E-state index is -0.390. The normalized spacial score (nSPS) is 11.6. The fraction of sp³-hybridized carbons (Fsp3) is 0. The van der Waals surface area contributed by atoms with Crippen LogP contribution < -0.4 is 4.65 Å². The van der Waals surface area contributed by atoms with Crippen LogP contribution in [0, 0.1) is 0 Å². The van der Waals surface area contributed by atoms with Crippen LogP contribution >= 0.6 is 0 Å². The van der Waals surface area contributed by atoms with E-state index in [0.29, 0.717) is 11.3 Å². The maximum absolute atomic E-state index is 9.23. The van der Waals surface area contributed by atoms with E-state index in [2.05, 4.69) is 53.1 Å². The van der Waals surface area contributed by atoms with E-state index < -0.39 is 0 Å². The Bertz CT molecular complexity index is 1520. The van der Waals surface area contributed by atoms with Crippen molar-refractivity contribution in [3.63, 3.8) is 0 Å². The lowest BCUT2D eigenvalue weighted by Crippen LogP contribution is -1.99. The first-order valence-electron chi connectivity index (χ1n) is 9.53. The van der Waals surface area contributed by atoms with E-state index in [1.165, 1.54) is 0 Å². The highest BCUT2D eigenvalue weighted by molar-refractivity contribution is 6.24. The third-order valence-electron chi connectivity index (χ3n) is 5.50. The second-order valence-electron chi connectivity index (χ2n) is 7.03. The van der Waals surface area contributed by atoms with Gasteiger partial charge in [-0.05, 0) is 36.4 Å². The highest BCUT2D eigenvalue weighted by atomic mass is 16.5. The van der Waals surface area contributed by atoms with E-state index >= 15 is 0 Å². The molecule has 0 radical (unpaired) electrons. The summed E-state index contributed by atoms with van der Waals surface area (Å²) in [5, 5.41) is 13.5. The predicted molar refractivity (Wildman–Crippen MR) is 118 cm³/mol. The van der Waals surface area contributed by atoms with Gasteiger partial charge < -0.3 is 18.7 Å². The molecule has 0 atom stereocenters. The summed E-state index contributed by atoms with van der Waals surface area (Å²) in [6, 6.07) is 28.7. The number of para-hydroxylation sites is 3. The number of aromatic nitrogens is 1. The van der Waals surface area contributed by atoms with Crippen LogP contribution in [0.4, 0.5) is 0 Å². The standard InChI is InChI=1S/C24H16BNO3/c27-25-29-21-12-6-10-16-17-13-14-20-22(24(17)28-23(16)21)18-9-4-5-11-19(18)26(20)15-7-2-1-3-8-15/h1-14,25,27H. The van der Waals surface area contributed by atoms with Gasteiger partial charge in [-0.2, -0.15) is 0 Å². The molecule has 0 aliphatic rings. The Morgan fingerprint density at radius 3 is 2.31 bits per heavy atom. The summed E-state index contributed by atoms with van der Waals surface area (Å²) >= 11 is 0. The molecular weight excluding hydrogens is 361 g/mol. The van der Waals surface area contributed by atoms with Crippen molar-refractivity contribution in [1.82, 2.24) is 4.57 Å². The van der Waals surface area contributed by atoms with E-state index in [4.69, 9.17) is 9.07 Å². The number of fused-ring (bicyclic) bond motifs is 7. The number of nitrogens with zero attached hydrogens (tertiary/aromatic N) is 1. The fourth-order valence-corrected chi connectivity index (χ4v) is 4.32. The van der Waals surface area contributed by atoms with Gasteiger partial charge in [-0.15, -0.1) is 0 Å².